The van der Waals surface area contributed by atoms with Crippen molar-refractivity contribution in [2.75, 3.05) is 6.54 Å². The molecule has 0 saturated carbocycles. The Balaban J connectivity index is 2.45. The molecule has 0 aliphatic carbocycles. The first-order valence-corrected chi connectivity index (χ1v) is 5.39. The summed E-state index contributed by atoms with van der Waals surface area (Å²) < 4.78 is 0. The van der Waals surface area contributed by atoms with E-state index in [-0.39, 0.29) is 0 Å². The Labute approximate surface area is 96.5 Å². The van der Waals surface area contributed by atoms with E-state index in [0.29, 0.717) is 0 Å². The molecule has 0 spiro atoms. The first kappa shape index (κ1) is 10.4. The second-order valence-electron chi connectivity index (χ2n) is 3.44. The second kappa shape index (κ2) is 5.14. The molecule has 0 aliphatic heterocycles. The van der Waals surface area contributed by atoms with E-state index in [4.69, 9.17) is 0 Å². The molecule has 16 heavy (non-hydrogen) atoms. The van der Waals surface area contributed by atoms with E-state index in [1.54, 1.807) is 0 Å². The van der Waals surface area contributed by atoms with Gasteiger partial charge in [0, 0.05) is 18.3 Å². The van der Waals surface area contributed by atoms with E-state index in [0.717, 1.165) is 17.7 Å². The van der Waals surface area contributed by atoms with Crippen molar-refractivity contribution >= 4 is 6.21 Å². The molecule has 78 valence electrons. The van der Waals surface area contributed by atoms with Crippen molar-refractivity contribution in [1.82, 2.24) is 0 Å². The standard InChI is InChI=1S/C15H13N/c1-2-16-12-14-10-6-7-11-15(14)13-8-4-3-5-9-13/h4,6-12H,2H2,1H3. The van der Waals surface area contributed by atoms with Crippen LogP contribution in [0.4, 0.5) is 0 Å². The van der Waals surface area contributed by atoms with Crippen molar-refractivity contribution in [2.45, 2.75) is 6.92 Å². The van der Waals surface area contributed by atoms with Crippen molar-refractivity contribution in [2.24, 2.45) is 4.99 Å². The average molecular weight is 207 g/mol. The van der Waals surface area contributed by atoms with E-state index < -0.39 is 0 Å². The van der Waals surface area contributed by atoms with Gasteiger partial charge in [0.05, 0.1) is 0 Å². The molecule has 0 fully saturated rings. The van der Waals surface area contributed by atoms with Gasteiger partial charge in [-0.15, -0.1) is 0 Å². The minimum atomic E-state index is 0.809. The first-order valence-electron chi connectivity index (χ1n) is 5.39. The average Bonchev–Trinajstić information content (AvgIpc) is 2.38. The van der Waals surface area contributed by atoms with Crippen molar-refractivity contribution in [3.05, 3.63) is 60.2 Å². The van der Waals surface area contributed by atoms with Crippen LogP contribution in [-0.2, 0) is 0 Å². The Kier molecular flexibility index (Phi) is 3.35. The molecule has 2 aromatic carbocycles. The highest BCUT2D eigenvalue weighted by atomic mass is 14.7. The molecule has 2 rings (SSSR count). The predicted molar refractivity (Wildman–Crippen MR) is 67.7 cm³/mol. The molecule has 0 aromatic heterocycles. The quantitative estimate of drug-likeness (QED) is 0.684. The number of benzene rings is 1. The first-order chi connectivity index (χ1) is 7.92. The highest BCUT2D eigenvalue weighted by Gasteiger charge is 2.00. The van der Waals surface area contributed by atoms with Gasteiger partial charge in [-0.3, -0.25) is 4.99 Å². The van der Waals surface area contributed by atoms with Gasteiger partial charge >= 0.3 is 0 Å². The summed E-state index contributed by atoms with van der Waals surface area (Å²) in [6, 6.07) is 20.0. The van der Waals surface area contributed by atoms with Crippen LogP contribution >= 0.6 is 0 Å². The van der Waals surface area contributed by atoms with E-state index >= 15 is 0 Å². The second-order valence-corrected chi connectivity index (χ2v) is 3.44. The zero-order valence-electron chi connectivity index (χ0n) is 9.27. The largest absolute Gasteiger partial charge is 0.293 e. The maximum absolute atomic E-state index is 4.29. The van der Waals surface area contributed by atoms with Gasteiger partial charge in [0.2, 0.25) is 0 Å². The molecular weight excluding hydrogens is 194 g/mol. The van der Waals surface area contributed by atoms with Gasteiger partial charge in [0.1, 0.15) is 0 Å². The fourth-order valence-electron chi connectivity index (χ4n) is 1.58. The smallest absolute Gasteiger partial charge is 0.0361 e. The van der Waals surface area contributed by atoms with Crippen LogP contribution in [0.25, 0.3) is 11.1 Å². The molecule has 0 amide bonds. The molecule has 0 N–H and O–H groups in total. The van der Waals surface area contributed by atoms with Crippen LogP contribution < -0.4 is 0 Å². The van der Waals surface area contributed by atoms with E-state index in [1.165, 1.54) is 5.56 Å². The summed E-state index contributed by atoms with van der Waals surface area (Å²) in [6.45, 7) is 2.84. The van der Waals surface area contributed by atoms with Crippen LogP contribution in [0.3, 0.4) is 0 Å². The summed E-state index contributed by atoms with van der Waals surface area (Å²) in [5.74, 6) is 0. The van der Waals surface area contributed by atoms with Crippen LogP contribution in [0, 0.1) is 12.1 Å². The van der Waals surface area contributed by atoms with Gasteiger partial charge in [-0.05, 0) is 36.2 Å². The van der Waals surface area contributed by atoms with Gasteiger partial charge in [-0.2, -0.15) is 0 Å². The zero-order chi connectivity index (χ0) is 11.2. The van der Waals surface area contributed by atoms with Gasteiger partial charge in [-0.25, -0.2) is 0 Å². The fraction of sp³-hybridized carbons (Fsp3) is 0.133. The Morgan fingerprint density at radius 1 is 1.19 bits per heavy atom. The molecular formula is C15H13N. The van der Waals surface area contributed by atoms with E-state index in [1.807, 2.05) is 43.5 Å². The lowest BCUT2D eigenvalue weighted by Gasteiger charge is -2.04. The third-order valence-electron chi connectivity index (χ3n) is 2.34. The molecule has 0 unspecified atom stereocenters. The summed E-state index contributed by atoms with van der Waals surface area (Å²) in [5, 5.41) is 0. The molecule has 1 nitrogen and oxygen atoms in total. The van der Waals surface area contributed by atoms with E-state index in [9.17, 15) is 0 Å². The van der Waals surface area contributed by atoms with Gasteiger partial charge < -0.3 is 0 Å². The van der Waals surface area contributed by atoms with Crippen LogP contribution in [0.5, 0.6) is 0 Å². The summed E-state index contributed by atoms with van der Waals surface area (Å²) in [5.41, 5.74) is 3.48. The normalized spacial score (nSPS) is 10.3. The van der Waals surface area contributed by atoms with E-state index in [2.05, 4.69) is 29.3 Å². The Morgan fingerprint density at radius 3 is 2.81 bits per heavy atom. The maximum Gasteiger partial charge on any atom is 0.0361 e. The monoisotopic (exact) mass is 207 g/mol. The highest BCUT2D eigenvalue weighted by Crippen LogP contribution is 2.21. The SMILES string of the molecule is CCN=Cc1ccccc1-c1cc#ccc1. The third kappa shape index (κ3) is 2.29. The molecule has 0 aliphatic rings. The molecule has 0 atom stereocenters. The summed E-state index contributed by atoms with van der Waals surface area (Å²) in [4.78, 5) is 4.29. The number of nitrogens with zero attached hydrogens (tertiary/aromatic N) is 1. The highest BCUT2D eigenvalue weighted by molar-refractivity contribution is 5.90. The molecule has 0 radical (unpaired) electrons. The number of hydrogen-bond acceptors (Lipinski definition) is 1. The minimum absolute atomic E-state index is 0.809. The lowest BCUT2D eigenvalue weighted by atomic mass is 10.0. The topological polar surface area (TPSA) is 12.4 Å². The summed E-state index contributed by atoms with van der Waals surface area (Å²) >= 11 is 0. The summed E-state index contributed by atoms with van der Waals surface area (Å²) in [7, 11) is 0. The van der Waals surface area contributed by atoms with Crippen LogP contribution in [-0.4, -0.2) is 12.8 Å². The molecule has 2 aromatic rings. The third-order valence-corrected chi connectivity index (χ3v) is 2.34. The number of aliphatic imine (C=N–C) groups is 1. The van der Waals surface area contributed by atoms with Crippen molar-refractivity contribution < 1.29 is 0 Å². The van der Waals surface area contributed by atoms with Crippen molar-refractivity contribution in [3.63, 3.8) is 0 Å². The zero-order valence-corrected chi connectivity index (χ0v) is 9.27. The lowest BCUT2D eigenvalue weighted by Crippen LogP contribution is -1.87. The Hall–Kier alpha value is -2.07. The minimum Gasteiger partial charge on any atom is -0.293 e. The van der Waals surface area contributed by atoms with Gasteiger partial charge in [-0.1, -0.05) is 36.4 Å². The number of rotatable bonds is 3. The lowest BCUT2D eigenvalue weighted by molar-refractivity contribution is 1.14. The number of hydrogen-bond donors (Lipinski definition) is 0. The van der Waals surface area contributed by atoms with Gasteiger partial charge in [0.15, 0.2) is 0 Å². The maximum atomic E-state index is 4.29. The fourth-order valence-corrected chi connectivity index (χ4v) is 1.58. The molecule has 0 heterocycles. The Morgan fingerprint density at radius 2 is 2.06 bits per heavy atom. The Bertz CT molecular complexity index is 472. The summed E-state index contributed by atoms with van der Waals surface area (Å²) in [6.07, 6.45) is 1.92. The van der Waals surface area contributed by atoms with Crippen molar-refractivity contribution in [1.29, 1.82) is 0 Å². The van der Waals surface area contributed by atoms with Crippen molar-refractivity contribution in [3.8, 4) is 11.1 Å². The molecule has 0 bridgehead atoms. The molecule has 1 heteroatoms. The molecule has 0 saturated heterocycles. The van der Waals surface area contributed by atoms with Crippen LogP contribution in [0.15, 0.2) is 47.5 Å². The predicted octanol–water partition coefficient (Wildman–Crippen LogP) is 3.39. The van der Waals surface area contributed by atoms with Gasteiger partial charge in [0.25, 0.3) is 0 Å². The van der Waals surface area contributed by atoms with Crippen LogP contribution in [0.1, 0.15) is 12.5 Å². The van der Waals surface area contributed by atoms with Crippen LogP contribution in [0.2, 0.25) is 0 Å².